The van der Waals surface area contributed by atoms with Crippen molar-refractivity contribution in [2.45, 2.75) is 59.0 Å². The summed E-state index contributed by atoms with van der Waals surface area (Å²) < 4.78 is 2.06. The highest BCUT2D eigenvalue weighted by Gasteiger charge is 2.17. The highest BCUT2D eigenvalue weighted by molar-refractivity contribution is 5.24. The second-order valence-corrected chi connectivity index (χ2v) is 5.14. The van der Waals surface area contributed by atoms with Gasteiger partial charge in [-0.2, -0.15) is 5.10 Å². The number of aliphatic hydroxyl groups is 1. The van der Waals surface area contributed by atoms with Gasteiger partial charge in [0, 0.05) is 17.8 Å². The molecule has 1 rings (SSSR count). The number of hydrogen-bond acceptors (Lipinski definition) is 3. The van der Waals surface area contributed by atoms with Crippen molar-refractivity contribution in [2.24, 2.45) is 5.73 Å². The zero-order valence-electron chi connectivity index (χ0n) is 11.5. The SMILES string of the molecule is CCc1c(C)nn(CCCC(C)(N)CO)c1C. The molecule has 1 aromatic heterocycles. The number of aryl methyl sites for hydroxylation is 2. The summed E-state index contributed by atoms with van der Waals surface area (Å²) in [5, 5.41) is 13.6. The van der Waals surface area contributed by atoms with Crippen LogP contribution in [0.2, 0.25) is 0 Å². The largest absolute Gasteiger partial charge is 0.394 e. The van der Waals surface area contributed by atoms with Gasteiger partial charge in [0.2, 0.25) is 0 Å². The first-order chi connectivity index (χ1) is 7.91. The lowest BCUT2D eigenvalue weighted by Crippen LogP contribution is -2.40. The second-order valence-electron chi connectivity index (χ2n) is 5.14. The molecule has 0 fully saturated rings. The van der Waals surface area contributed by atoms with Crippen molar-refractivity contribution >= 4 is 0 Å². The smallest absolute Gasteiger partial charge is 0.0628 e. The molecule has 0 aliphatic rings. The van der Waals surface area contributed by atoms with Gasteiger partial charge in [-0.1, -0.05) is 6.92 Å². The number of aliphatic hydroxyl groups excluding tert-OH is 1. The normalized spacial score (nSPS) is 14.9. The van der Waals surface area contributed by atoms with Crippen molar-refractivity contribution < 1.29 is 5.11 Å². The predicted molar refractivity (Wildman–Crippen MR) is 70.0 cm³/mol. The van der Waals surface area contributed by atoms with E-state index in [9.17, 15) is 0 Å². The summed E-state index contributed by atoms with van der Waals surface area (Å²) in [4.78, 5) is 0. The highest BCUT2D eigenvalue weighted by Crippen LogP contribution is 2.15. The zero-order valence-corrected chi connectivity index (χ0v) is 11.5. The summed E-state index contributed by atoms with van der Waals surface area (Å²) in [6.07, 6.45) is 2.78. The Labute approximate surface area is 104 Å². The molecular formula is C13H25N3O. The van der Waals surface area contributed by atoms with E-state index in [1.54, 1.807) is 0 Å². The Morgan fingerprint density at radius 2 is 2.06 bits per heavy atom. The Balaban J connectivity index is 2.59. The Bertz CT molecular complexity index is 369. The predicted octanol–water partition coefficient (Wildman–Crippen LogP) is 1.55. The van der Waals surface area contributed by atoms with Gasteiger partial charge < -0.3 is 10.8 Å². The van der Waals surface area contributed by atoms with Gasteiger partial charge in [-0.25, -0.2) is 0 Å². The standard InChI is InChI=1S/C13H25N3O/c1-5-12-10(2)15-16(11(12)3)8-6-7-13(4,14)9-17/h17H,5-9,14H2,1-4H3. The zero-order chi connectivity index (χ0) is 13.1. The Hall–Kier alpha value is -0.870. The van der Waals surface area contributed by atoms with Crippen LogP contribution in [0.4, 0.5) is 0 Å². The topological polar surface area (TPSA) is 64.1 Å². The third-order valence-electron chi connectivity index (χ3n) is 3.36. The average Bonchev–Trinajstić information content (AvgIpc) is 2.54. The molecule has 0 aromatic carbocycles. The lowest BCUT2D eigenvalue weighted by molar-refractivity contribution is 0.196. The van der Waals surface area contributed by atoms with Crippen molar-refractivity contribution in [3.63, 3.8) is 0 Å². The van der Waals surface area contributed by atoms with Gasteiger partial charge in [-0.15, -0.1) is 0 Å². The van der Waals surface area contributed by atoms with Gasteiger partial charge >= 0.3 is 0 Å². The van der Waals surface area contributed by atoms with Crippen LogP contribution >= 0.6 is 0 Å². The first-order valence-electron chi connectivity index (χ1n) is 6.34. The number of rotatable bonds is 6. The molecule has 4 heteroatoms. The van der Waals surface area contributed by atoms with E-state index in [0.717, 1.165) is 31.5 Å². The maximum absolute atomic E-state index is 9.08. The Morgan fingerprint density at radius 3 is 2.53 bits per heavy atom. The molecule has 1 unspecified atom stereocenters. The minimum absolute atomic E-state index is 0.0321. The molecule has 0 aliphatic heterocycles. The minimum Gasteiger partial charge on any atom is -0.394 e. The van der Waals surface area contributed by atoms with Crippen molar-refractivity contribution in [3.8, 4) is 0 Å². The quantitative estimate of drug-likeness (QED) is 0.791. The number of hydrogen-bond donors (Lipinski definition) is 2. The van der Waals surface area contributed by atoms with E-state index in [1.165, 1.54) is 11.3 Å². The van der Waals surface area contributed by atoms with Crippen LogP contribution in [-0.2, 0) is 13.0 Å². The third-order valence-corrected chi connectivity index (χ3v) is 3.36. The molecule has 0 saturated heterocycles. The molecule has 0 aliphatic carbocycles. The molecule has 1 aromatic rings. The average molecular weight is 239 g/mol. The van der Waals surface area contributed by atoms with Gasteiger partial charge in [-0.05, 0) is 45.6 Å². The van der Waals surface area contributed by atoms with Crippen molar-refractivity contribution in [3.05, 3.63) is 17.0 Å². The van der Waals surface area contributed by atoms with Gasteiger partial charge in [0.1, 0.15) is 0 Å². The molecular weight excluding hydrogens is 214 g/mol. The Kier molecular flexibility index (Phi) is 4.71. The van der Waals surface area contributed by atoms with E-state index in [1.807, 2.05) is 6.92 Å². The lowest BCUT2D eigenvalue weighted by atomic mass is 9.98. The molecule has 1 atom stereocenters. The van der Waals surface area contributed by atoms with Crippen LogP contribution in [0.5, 0.6) is 0 Å². The summed E-state index contributed by atoms with van der Waals surface area (Å²) in [5.74, 6) is 0. The number of aromatic nitrogens is 2. The summed E-state index contributed by atoms with van der Waals surface area (Å²) in [6, 6.07) is 0. The van der Waals surface area contributed by atoms with Gasteiger partial charge in [-0.3, -0.25) is 4.68 Å². The fraction of sp³-hybridized carbons (Fsp3) is 0.769. The van der Waals surface area contributed by atoms with E-state index in [0.29, 0.717) is 0 Å². The summed E-state index contributed by atoms with van der Waals surface area (Å²) in [6.45, 7) is 9.12. The maximum atomic E-state index is 9.08. The maximum Gasteiger partial charge on any atom is 0.0628 e. The number of nitrogens with two attached hydrogens (primary N) is 1. The lowest BCUT2D eigenvalue weighted by Gasteiger charge is -2.21. The Morgan fingerprint density at radius 1 is 1.41 bits per heavy atom. The van der Waals surface area contributed by atoms with Crippen LogP contribution in [0.1, 0.15) is 43.6 Å². The molecule has 0 saturated carbocycles. The van der Waals surface area contributed by atoms with Crippen LogP contribution in [-0.4, -0.2) is 27.0 Å². The molecule has 1 heterocycles. The van der Waals surface area contributed by atoms with Crippen molar-refractivity contribution in [2.75, 3.05) is 6.61 Å². The second kappa shape index (κ2) is 5.65. The van der Waals surface area contributed by atoms with E-state index in [-0.39, 0.29) is 6.61 Å². The molecule has 0 amide bonds. The van der Waals surface area contributed by atoms with E-state index in [4.69, 9.17) is 10.8 Å². The summed E-state index contributed by atoms with van der Waals surface area (Å²) in [7, 11) is 0. The molecule has 98 valence electrons. The first-order valence-corrected chi connectivity index (χ1v) is 6.34. The van der Waals surface area contributed by atoms with E-state index >= 15 is 0 Å². The summed E-state index contributed by atoms with van der Waals surface area (Å²) in [5.41, 5.74) is 9.17. The fourth-order valence-corrected chi connectivity index (χ4v) is 2.18. The molecule has 4 nitrogen and oxygen atoms in total. The van der Waals surface area contributed by atoms with E-state index < -0.39 is 5.54 Å². The van der Waals surface area contributed by atoms with Crippen LogP contribution in [0.25, 0.3) is 0 Å². The monoisotopic (exact) mass is 239 g/mol. The van der Waals surface area contributed by atoms with Gasteiger partial charge in [0.15, 0.2) is 0 Å². The van der Waals surface area contributed by atoms with Crippen molar-refractivity contribution in [1.29, 1.82) is 0 Å². The first kappa shape index (κ1) is 14.2. The van der Waals surface area contributed by atoms with E-state index in [2.05, 4.69) is 30.6 Å². The van der Waals surface area contributed by atoms with Crippen LogP contribution in [0, 0.1) is 13.8 Å². The van der Waals surface area contributed by atoms with Crippen LogP contribution < -0.4 is 5.73 Å². The number of nitrogens with zero attached hydrogens (tertiary/aromatic N) is 2. The molecule has 17 heavy (non-hydrogen) atoms. The van der Waals surface area contributed by atoms with Gasteiger partial charge in [0.05, 0.1) is 12.3 Å². The minimum atomic E-state index is -0.469. The highest BCUT2D eigenvalue weighted by atomic mass is 16.3. The summed E-state index contributed by atoms with van der Waals surface area (Å²) >= 11 is 0. The van der Waals surface area contributed by atoms with Crippen LogP contribution in [0.15, 0.2) is 0 Å². The molecule has 0 spiro atoms. The van der Waals surface area contributed by atoms with Crippen LogP contribution in [0.3, 0.4) is 0 Å². The fourth-order valence-electron chi connectivity index (χ4n) is 2.18. The molecule has 3 N–H and O–H groups in total. The van der Waals surface area contributed by atoms with Gasteiger partial charge in [0.25, 0.3) is 0 Å². The third kappa shape index (κ3) is 3.54. The molecule has 0 bridgehead atoms. The molecule has 0 radical (unpaired) electrons. The van der Waals surface area contributed by atoms with Crippen molar-refractivity contribution in [1.82, 2.24) is 9.78 Å².